The smallest absolute Gasteiger partial charge is 0.137 e. The van der Waals surface area contributed by atoms with Crippen molar-refractivity contribution in [2.75, 3.05) is 20.3 Å². The SMILES string of the molecule is CCCOc1cncc(C(CCC2CCCO2)NC)c1. The van der Waals surface area contributed by atoms with Crippen LogP contribution in [0.1, 0.15) is 50.6 Å². The fourth-order valence-corrected chi connectivity index (χ4v) is 2.63. The number of pyridine rings is 1. The maximum Gasteiger partial charge on any atom is 0.137 e. The summed E-state index contributed by atoms with van der Waals surface area (Å²) in [7, 11) is 2.00. The Balaban J connectivity index is 1.91. The number of nitrogens with zero attached hydrogens (tertiary/aromatic N) is 1. The lowest BCUT2D eigenvalue weighted by Gasteiger charge is -2.19. The van der Waals surface area contributed by atoms with E-state index in [2.05, 4.69) is 23.3 Å². The van der Waals surface area contributed by atoms with Gasteiger partial charge in [0, 0.05) is 18.8 Å². The van der Waals surface area contributed by atoms with E-state index in [0.29, 0.717) is 12.1 Å². The van der Waals surface area contributed by atoms with Crippen molar-refractivity contribution in [3.63, 3.8) is 0 Å². The van der Waals surface area contributed by atoms with Crippen LogP contribution in [0, 0.1) is 0 Å². The molecule has 112 valence electrons. The minimum atomic E-state index is 0.317. The summed E-state index contributed by atoms with van der Waals surface area (Å²) in [6.07, 6.45) is 9.75. The topological polar surface area (TPSA) is 43.4 Å². The second-order valence-corrected chi connectivity index (χ2v) is 5.36. The lowest BCUT2D eigenvalue weighted by atomic mass is 10.0. The average molecular weight is 278 g/mol. The summed E-state index contributed by atoms with van der Waals surface area (Å²) < 4.78 is 11.3. The molecule has 2 heterocycles. The molecule has 1 aliphatic heterocycles. The van der Waals surface area contributed by atoms with E-state index in [1.54, 1.807) is 6.20 Å². The zero-order valence-corrected chi connectivity index (χ0v) is 12.6. The van der Waals surface area contributed by atoms with E-state index in [9.17, 15) is 0 Å². The van der Waals surface area contributed by atoms with Crippen LogP contribution in [-0.2, 0) is 4.74 Å². The summed E-state index contributed by atoms with van der Waals surface area (Å²) in [4.78, 5) is 4.29. The first-order chi connectivity index (χ1) is 9.83. The molecule has 20 heavy (non-hydrogen) atoms. The Morgan fingerprint density at radius 1 is 1.50 bits per heavy atom. The summed E-state index contributed by atoms with van der Waals surface area (Å²) in [5.41, 5.74) is 1.19. The van der Waals surface area contributed by atoms with Gasteiger partial charge in [0.25, 0.3) is 0 Å². The molecular formula is C16H26N2O2. The molecule has 0 radical (unpaired) electrons. The van der Waals surface area contributed by atoms with Crippen LogP contribution in [0.2, 0.25) is 0 Å². The molecule has 1 saturated heterocycles. The molecule has 1 aromatic heterocycles. The molecule has 2 rings (SSSR count). The fourth-order valence-electron chi connectivity index (χ4n) is 2.63. The molecular weight excluding hydrogens is 252 g/mol. The van der Waals surface area contributed by atoms with Gasteiger partial charge in [-0.2, -0.15) is 0 Å². The fraction of sp³-hybridized carbons (Fsp3) is 0.688. The highest BCUT2D eigenvalue weighted by Gasteiger charge is 2.18. The number of hydrogen-bond donors (Lipinski definition) is 1. The minimum absolute atomic E-state index is 0.317. The third kappa shape index (κ3) is 4.46. The molecule has 2 unspecified atom stereocenters. The molecule has 0 aromatic carbocycles. The third-order valence-electron chi connectivity index (χ3n) is 3.76. The summed E-state index contributed by atoms with van der Waals surface area (Å²) in [6, 6.07) is 2.41. The first-order valence-corrected chi connectivity index (χ1v) is 7.70. The van der Waals surface area contributed by atoms with E-state index in [0.717, 1.165) is 38.2 Å². The third-order valence-corrected chi connectivity index (χ3v) is 3.76. The maximum atomic E-state index is 5.69. The van der Waals surface area contributed by atoms with Crippen LogP contribution in [0.5, 0.6) is 5.75 Å². The van der Waals surface area contributed by atoms with Crippen LogP contribution in [0.15, 0.2) is 18.5 Å². The van der Waals surface area contributed by atoms with Crippen LogP contribution >= 0.6 is 0 Å². The van der Waals surface area contributed by atoms with Gasteiger partial charge in [0.1, 0.15) is 5.75 Å². The molecule has 0 bridgehead atoms. The molecule has 1 aliphatic rings. The Morgan fingerprint density at radius 3 is 3.10 bits per heavy atom. The normalized spacial score (nSPS) is 20.0. The van der Waals surface area contributed by atoms with Crippen molar-refractivity contribution in [2.24, 2.45) is 0 Å². The van der Waals surface area contributed by atoms with Crippen LogP contribution in [0.4, 0.5) is 0 Å². The molecule has 0 aliphatic carbocycles. The summed E-state index contributed by atoms with van der Waals surface area (Å²) >= 11 is 0. The Morgan fingerprint density at radius 2 is 2.40 bits per heavy atom. The van der Waals surface area contributed by atoms with Gasteiger partial charge in [0.15, 0.2) is 0 Å². The van der Waals surface area contributed by atoms with E-state index in [1.807, 2.05) is 13.2 Å². The highest BCUT2D eigenvalue weighted by molar-refractivity contribution is 5.26. The zero-order valence-electron chi connectivity index (χ0n) is 12.6. The molecule has 0 saturated carbocycles. The number of aromatic nitrogens is 1. The Bertz CT molecular complexity index is 392. The summed E-state index contributed by atoms with van der Waals surface area (Å²) in [5.74, 6) is 0.863. The van der Waals surface area contributed by atoms with Crippen molar-refractivity contribution >= 4 is 0 Å². The highest BCUT2D eigenvalue weighted by atomic mass is 16.5. The predicted molar refractivity (Wildman–Crippen MR) is 80.0 cm³/mol. The monoisotopic (exact) mass is 278 g/mol. The lowest BCUT2D eigenvalue weighted by molar-refractivity contribution is 0.0998. The van der Waals surface area contributed by atoms with Gasteiger partial charge in [-0.1, -0.05) is 6.92 Å². The number of ether oxygens (including phenoxy) is 2. The van der Waals surface area contributed by atoms with E-state index in [-0.39, 0.29) is 0 Å². The largest absolute Gasteiger partial charge is 0.492 e. The molecule has 1 aromatic rings. The molecule has 1 fully saturated rings. The number of nitrogens with one attached hydrogen (secondary N) is 1. The van der Waals surface area contributed by atoms with E-state index >= 15 is 0 Å². The standard InChI is InChI=1S/C16H26N2O2/c1-3-8-19-15-10-13(11-18-12-15)16(17-2)7-6-14-5-4-9-20-14/h10-12,14,16-17H,3-9H2,1-2H3. The van der Waals surface area contributed by atoms with Gasteiger partial charge in [-0.05, 0) is 50.8 Å². The number of rotatable bonds is 8. The van der Waals surface area contributed by atoms with Gasteiger partial charge in [-0.25, -0.2) is 0 Å². The van der Waals surface area contributed by atoms with E-state index in [4.69, 9.17) is 9.47 Å². The van der Waals surface area contributed by atoms with Gasteiger partial charge < -0.3 is 14.8 Å². The molecule has 1 N–H and O–H groups in total. The van der Waals surface area contributed by atoms with Crippen molar-refractivity contribution in [3.8, 4) is 5.75 Å². The average Bonchev–Trinajstić information content (AvgIpc) is 2.99. The first-order valence-electron chi connectivity index (χ1n) is 7.70. The second-order valence-electron chi connectivity index (χ2n) is 5.36. The minimum Gasteiger partial charge on any atom is -0.492 e. The molecule has 0 amide bonds. The van der Waals surface area contributed by atoms with E-state index in [1.165, 1.54) is 18.4 Å². The van der Waals surface area contributed by atoms with Gasteiger partial charge in [0.05, 0.1) is 18.9 Å². The predicted octanol–water partition coefficient (Wildman–Crippen LogP) is 3.09. The van der Waals surface area contributed by atoms with Crippen molar-refractivity contribution < 1.29 is 9.47 Å². The Kier molecular flexibility index (Phi) is 6.27. The molecule has 4 heteroatoms. The van der Waals surface area contributed by atoms with Crippen molar-refractivity contribution in [2.45, 2.75) is 51.2 Å². The maximum absolute atomic E-state index is 5.69. The summed E-state index contributed by atoms with van der Waals surface area (Å²) in [6.45, 7) is 3.78. The summed E-state index contributed by atoms with van der Waals surface area (Å²) in [5, 5.41) is 3.37. The molecule has 4 nitrogen and oxygen atoms in total. The van der Waals surface area contributed by atoms with Gasteiger partial charge in [-0.3, -0.25) is 4.98 Å². The zero-order chi connectivity index (χ0) is 14.2. The number of hydrogen-bond acceptors (Lipinski definition) is 4. The molecule has 0 spiro atoms. The first kappa shape index (κ1) is 15.3. The van der Waals surface area contributed by atoms with Crippen molar-refractivity contribution in [1.82, 2.24) is 10.3 Å². The highest BCUT2D eigenvalue weighted by Crippen LogP contribution is 2.25. The molecule has 2 atom stereocenters. The lowest BCUT2D eigenvalue weighted by Crippen LogP contribution is -2.19. The quantitative estimate of drug-likeness (QED) is 0.793. The Labute approximate surface area is 121 Å². The van der Waals surface area contributed by atoms with Gasteiger partial charge in [0.2, 0.25) is 0 Å². The van der Waals surface area contributed by atoms with Crippen molar-refractivity contribution in [3.05, 3.63) is 24.0 Å². The Hall–Kier alpha value is -1.13. The van der Waals surface area contributed by atoms with Gasteiger partial charge in [-0.15, -0.1) is 0 Å². The van der Waals surface area contributed by atoms with Crippen LogP contribution in [-0.4, -0.2) is 31.3 Å². The van der Waals surface area contributed by atoms with Crippen LogP contribution < -0.4 is 10.1 Å². The van der Waals surface area contributed by atoms with Crippen LogP contribution in [0.25, 0.3) is 0 Å². The van der Waals surface area contributed by atoms with Crippen molar-refractivity contribution in [1.29, 1.82) is 0 Å². The second kappa shape index (κ2) is 8.22. The van der Waals surface area contributed by atoms with E-state index < -0.39 is 0 Å². The van der Waals surface area contributed by atoms with Crippen LogP contribution in [0.3, 0.4) is 0 Å². The van der Waals surface area contributed by atoms with Gasteiger partial charge >= 0.3 is 0 Å².